The molecule has 1 saturated carbocycles. The molecule has 5 nitrogen and oxygen atoms in total. The second-order valence-corrected chi connectivity index (χ2v) is 7.11. The summed E-state index contributed by atoms with van der Waals surface area (Å²) in [5.41, 5.74) is 2.64. The first kappa shape index (κ1) is 16.8. The average Bonchev–Trinajstić information content (AvgIpc) is 3.47. The van der Waals surface area contributed by atoms with Gasteiger partial charge < -0.3 is 10.1 Å². The van der Waals surface area contributed by atoms with E-state index in [4.69, 9.17) is 16.3 Å². The lowest BCUT2D eigenvalue weighted by atomic mass is 10.1. The van der Waals surface area contributed by atoms with Crippen molar-refractivity contribution in [1.82, 2.24) is 14.9 Å². The van der Waals surface area contributed by atoms with Crippen LogP contribution in [0.5, 0.6) is 0 Å². The van der Waals surface area contributed by atoms with E-state index in [-0.39, 0.29) is 0 Å². The molecule has 0 unspecified atom stereocenters. The third-order valence-electron chi connectivity index (χ3n) is 4.73. The van der Waals surface area contributed by atoms with E-state index < -0.39 is 0 Å². The number of hydrogen-bond acceptors (Lipinski definition) is 5. The zero-order chi connectivity index (χ0) is 17.1. The van der Waals surface area contributed by atoms with Crippen molar-refractivity contribution >= 4 is 17.4 Å². The number of halogens is 1. The van der Waals surface area contributed by atoms with Gasteiger partial charge in [0.25, 0.3) is 0 Å². The minimum Gasteiger partial charge on any atom is -0.379 e. The minimum atomic E-state index is 0.493. The van der Waals surface area contributed by atoms with Crippen molar-refractivity contribution in [3.8, 4) is 0 Å². The number of morpholine rings is 1. The third-order valence-corrected chi connectivity index (χ3v) is 4.92. The molecule has 2 aromatic rings. The largest absolute Gasteiger partial charge is 0.379 e. The van der Waals surface area contributed by atoms with Gasteiger partial charge in [-0.25, -0.2) is 9.97 Å². The molecular weight excluding hydrogens is 336 g/mol. The summed E-state index contributed by atoms with van der Waals surface area (Å²) in [5, 5.41) is 3.94. The number of ether oxygens (including phenoxy) is 1. The maximum atomic E-state index is 6.15. The molecule has 0 atom stereocenters. The lowest BCUT2D eigenvalue weighted by molar-refractivity contribution is 0.0341. The van der Waals surface area contributed by atoms with E-state index in [1.165, 1.54) is 24.0 Å². The molecule has 1 aromatic heterocycles. The maximum Gasteiger partial charge on any atom is 0.135 e. The highest BCUT2D eigenvalue weighted by atomic mass is 35.5. The monoisotopic (exact) mass is 358 g/mol. The molecule has 132 valence electrons. The summed E-state index contributed by atoms with van der Waals surface area (Å²) >= 11 is 6.15. The van der Waals surface area contributed by atoms with Gasteiger partial charge in [-0.05, 0) is 24.0 Å². The van der Waals surface area contributed by atoms with Crippen molar-refractivity contribution in [2.24, 2.45) is 0 Å². The Morgan fingerprint density at radius 2 is 1.88 bits per heavy atom. The van der Waals surface area contributed by atoms with E-state index in [9.17, 15) is 0 Å². The molecule has 1 N–H and O–H groups in total. The summed E-state index contributed by atoms with van der Waals surface area (Å²) in [6, 6.07) is 10.4. The normalized spacial score (nSPS) is 18.3. The fraction of sp³-hybridized carbons (Fsp3) is 0.474. The molecule has 0 bridgehead atoms. The summed E-state index contributed by atoms with van der Waals surface area (Å²) in [7, 11) is 0. The van der Waals surface area contributed by atoms with E-state index in [1.807, 2.05) is 0 Å². The fourth-order valence-corrected chi connectivity index (χ4v) is 3.31. The van der Waals surface area contributed by atoms with Crippen LogP contribution < -0.4 is 5.32 Å². The van der Waals surface area contributed by atoms with E-state index in [2.05, 4.69) is 44.5 Å². The van der Waals surface area contributed by atoms with Crippen LogP contribution in [-0.2, 0) is 17.8 Å². The third kappa shape index (κ3) is 4.48. The maximum absolute atomic E-state index is 6.15. The van der Waals surface area contributed by atoms with Crippen LogP contribution in [0.3, 0.4) is 0 Å². The highest BCUT2D eigenvalue weighted by Crippen LogP contribution is 2.38. The summed E-state index contributed by atoms with van der Waals surface area (Å²) in [4.78, 5) is 11.4. The Balaban J connectivity index is 1.44. The van der Waals surface area contributed by atoms with Gasteiger partial charge in [0.2, 0.25) is 0 Å². The Kier molecular flexibility index (Phi) is 5.15. The molecule has 2 heterocycles. The molecule has 1 saturated heterocycles. The Bertz CT molecular complexity index is 729. The predicted octanol–water partition coefficient (Wildman–Crippen LogP) is 3.45. The molecule has 4 rings (SSSR count). The Morgan fingerprint density at radius 3 is 2.64 bits per heavy atom. The van der Waals surface area contributed by atoms with Gasteiger partial charge in [0, 0.05) is 38.2 Å². The van der Waals surface area contributed by atoms with Crippen LogP contribution in [-0.4, -0.2) is 41.2 Å². The first-order valence-corrected chi connectivity index (χ1v) is 9.31. The van der Waals surface area contributed by atoms with Crippen molar-refractivity contribution in [3.63, 3.8) is 0 Å². The van der Waals surface area contributed by atoms with Gasteiger partial charge in [0.15, 0.2) is 0 Å². The number of aromatic nitrogens is 2. The van der Waals surface area contributed by atoms with E-state index >= 15 is 0 Å². The highest BCUT2D eigenvalue weighted by molar-refractivity contribution is 6.29. The predicted molar refractivity (Wildman–Crippen MR) is 98.9 cm³/mol. The van der Waals surface area contributed by atoms with E-state index in [1.54, 1.807) is 6.07 Å². The second kappa shape index (κ2) is 7.68. The minimum absolute atomic E-state index is 0.493. The van der Waals surface area contributed by atoms with E-state index in [0.29, 0.717) is 11.1 Å². The molecule has 25 heavy (non-hydrogen) atoms. The van der Waals surface area contributed by atoms with Crippen molar-refractivity contribution in [1.29, 1.82) is 0 Å². The summed E-state index contributed by atoms with van der Waals surface area (Å²) < 4.78 is 5.44. The summed E-state index contributed by atoms with van der Waals surface area (Å²) in [6.07, 6.45) is 2.34. The first-order valence-electron chi connectivity index (χ1n) is 8.93. The van der Waals surface area contributed by atoms with Crippen LogP contribution >= 0.6 is 11.6 Å². The molecular formula is C19H23ClN4O. The number of nitrogens with zero attached hydrogens (tertiary/aromatic N) is 3. The van der Waals surface area contributed by atoms with Gasteiger partial charge >= 0.3 is 0 Å². The molecule has 2 fully saturated rings. The molecule has 1 aliphatic heterocycles. The molecule has 0 amide bonds. The van der Waals surface area contributed by atoms with Crippen LogP contribution in [0.1, 0.15) is 35.7 Å². The summed E-state index contributed by atoms with van der Waals surface area (Å²) in [6.45, 7) is 5.33. The van der Waals surface area contributed by atoms with Crippen LogP contribution in [0.15, 0.2) is 30.3 Å². The van der Waals surface area contributed by atoms with Gasteiger partial charge in [-0.1, -0.05) is 35.9 Å². The molecule has 0 radical (unpaired) electrons. The van der Waals surface area contributed by atoms with Gasteiger partial charge in [-0.3, -0.25) is 4.90 Å². The smallest absolute Gasteiger partial charge is 0.135 e. The van der Waals surface area contributed by atoms with Crippen LogP contribution in [0, 0.1) is 0 Å². The lowest BCUT2D eigenvalue weighted by Crippen LogP contribution is -2.35. The number of benzene rings is 1. The van der Waals surface area contributed by atoms with Crippen LogP contribution in [0.4, 0.5) is 5.82 Å². The second-order valence-electron chi connectivity index (χ2n) is 6.72. The molecule has 0 spiro atoms. The van der Waals surface area contributed by atoms with Crippen molar-refractivity contribution in [2.45, 2.75) is 31.8 Å². The standard InChI is InChI=1S/C19H23ClN4O/c20-17-11-18(23-19(22-17)14-5-6-14)21-12-15-3-1-2-4-16(15)13-24-7-9-25-10-8-24/h1-4,11,14H,5-10,12-13H2,(H,21,22,23). The summed E-state index contributed by atoms with van der Waals surface area (Å²) in [5.74, 6) is 2.17. The van der Waals surface area contributed by atoms with Gasteiger partial charge in [-0.15, -0.1) is 0 Å². The topological polar surface area (TPSA) is 50.3 Å². The quantitative estimate of drug-likeness (QED) is 0.801. The zero-order valence-electron chi connectivity index (χ0n) is 14.2. The number of nitrogens with one attached hydrogen (secondary N) is 1. The molecule has 6 heteroatoms. The van der Waals surface area contributed by atoms with Gasteiger partial charge in [0.1, 0.15) is 16.8 Å². The average molecular weight is 359 g/mol. The van der Waals surface area contributed by atoms with Crippen molar-refractivity contribution in [3.05, 3.63) is 52.4 Å². The Hall–Kier alpha value is -1.69. The zero-order valence-corrected chi connectivity index (χ0v) is 15.0. The Labute approximate surface area is 153 Å². The van der Waals surface area contributed by atoms with E-state index in [0.717, 1.165) is 51.0 Å². The SMILES string of the molecule is Clc1cc(NCc2ccccc2CN2CCOCC2)nc(C2CC2)n1. The van der Waals surface area contributed by atoms with Gasteiger partial charge in [0.05, 0.1) is 13.2 Å². The fourth-order valence-electron chi connectivity index (χ4n) is 3.12. The number of anilines is 1. The molecule has 1 aromatic carbocycles. The van der Waals surface area contributed by atoms with Gasteiger partial charge in [-0.2, -0.15) is 0 Å². The van der Waals surface area contributed by atoms with Crippen molar-refractivity contribution < 1.29 is 4.74 Å². The number of hydrogen-bond donors (Lipinski definition) is 1. The van der Waals surface area contributed by atoms with Crippen molar-refractivity contribution in [2.75, 3.05) is 31.6 Å². The molecule has 2 aliphatic rings. The van der Waals surface area contributed by atoms with Crippen LogP contribution in [0.25, 0.3) is 0 Å². The molecule has 1 aliphatic carbocycles. The highest BCUT2D eigenvalue weighted by Gasteiger charge is 2.27. The number of rotatable bonds is 6. The van der Waals surface area contributed by atoms with Crippen LogP contribution in [0.2, 0.25) is 5.15 Å². The first-order chi connectivity index (χ1) is 12.3. The lowest BCUT2D eigenvalue weighted by Gasteiger charge is -2.27. The Morgan fingerprint density at radius 1 is 1.12 bits per heavy atom.